The third-order valence-corrected chi connectivity index (χ3v) is 3.65. The van der Waals surface area contributed by atoms with Gasteiger partial charge >= 0.3 is 0 Å². The minimum absolute atomic E-state index is 0.289. The van der Waals surface area contributed by atoms with Crippen LogP contribution < -0.4 is 10.6 Å². The van der Waals surface area contributed by atoms with Crippen molar-refractivity contribution in [2.45, 2.75) is 19.9 Å². The summed E-state index contributed by atoms with van der Waals surface area (Å²) in [6.07, 6.45) is 3.49. The zero-order chi connectivity index (χ0) is 14.4. The molecule has 0 aliphatic carbocycles. The standard InChI is InChI=1S/C12H19N7S/c1-4-20-8-9(2)15-11-16-10(13-3)17-12(18-11)19-7-5-6-14-19/h5-7,9H,4,8H2,1-3H3,(H2,13,15,16,17,18). The molecule has 0 saturated carbocycles. The van der Waals surface area contributed by atoms with Gasteiger partial charge in [-0.3, -0.25) is 0 Å². The summed E-state index contributed by atoms with van der Waals surface area (Å²) < 4.78 is 1.61. The molecule has 0 aliphatic rings. The Morgan fingerprint density at radius 3 is 2.75 bits per heavy atom. The summed E-state index contributed by atoms with van der Waals surface area (Å²) in [7, 11) is 1.78. The molecular weight excluding hydrogens is 274 g/mol. The minimum Gasteiger partial charge on any atom is -0.357 e. The summed E-state index contributed by atoms with van der Waals surface area (Å²) in [5, 5.41) is 10.4. The van der Waals surface area contributed by atoms with E-state index in [0.717, 1.165) is 11.5 Å². The number of rotatable bonds is 7. The number of anilines is 2. The lowest BCUT2D eigenvalue weighted by Gasteiger charge is -2.14. The molecule has 0 aromatic carbocycles. The Morgan fingerprint density at radius 2 is 2.10 bits per heavy atom. The second-order valence-electron chi connectivity index (χ2n) is 4.19. The molecule has 20 heavy (non-hydrogen) atoms. The number of nitrogens with zero attached hydrogens (tertiary/aromatic N) is 5. The van der Waals surface area contributed by atoms with E-state index >= 15 is 0 Å². The fourth-order valence-electron chi connectivity index (χ4n) is 1.59. The number of aromatic nitrogens is 5. The molecule has 8 heteroatoms. The molecular formula is C12H19N7S. The zero-order valence-electron chi connectivity index (χ0n) is 11.9. The topological polar surface area (TPSA) is 80.5 Å². The van der Waals surface area contributed by atoms with Crippen LogP contribution in [0, 0.1) is 0 Å². The van der Waals surface area contributed by atoms with Crippen molar-refractivity contribution in [3.05, 3.63) is 18.5 Å². The van der Waals surface area contributed by atoms with Gasteiger partial charge in [0.05, 0.1) is 0 Å². The average molecular weight is 293 g/mol. The van der Waals surface area contributed by atoms with Crippen LogP contribution in [0.4, 0.5) is 11.9 Å². The Kier molecular flexibility index (Phi) is 5.16. The lowest BCUT2D eigenvalue weighted by atomic mass is 10.4. The van der Waals surface area contributed by atoms with Crippen molar-refractivity contribution in [1.29, 1.82) is 0 Å². The van der Waals surface area contributed by atoms with Gasteiger partial charge in [0.1, 0.15) is 0 Å². The molecule has 0 bridgehead atoms. The van der Waals surface area contributed by atoms with Gasteiger partial charge in [-0.15, -0.1) is 0 Å². The van der Waals surface area contributed by atoms with Gasteiger partial charge in [-0.05, 0) is 18.7 Å². The van der Waals surface area contributed by atoms with Crippen LogP contribution >= 0.6 is 11.8 Å². The van der Waals surface area contributed by atoms with E-state index in [9.17, 15) is 0 Å². The van der Waals surface area contributed by atoms with Crippen molar-refractivity contribution in [1.82, 2.24) is 24.7 Å². The Bertz CT molecular complexity index is 529. The SMILES string of the molecule is CCSCC(C)Nc1nc(NC)nc(-n2cccn2)n1. The molecule has 0 fully saturated rings. The van der Waals surface area contributed by atoms with E-state index in [0.29, 0.717) is 17.8 Å². The summed E-state index contributed by atoms with van der Waals surface area (Å²) >= 11 is 1.88. The summed E-state index contributed by atoms with van der Waals surface area (Å²) in [6.45, 7) is 4.26. The zero-order valence-corrected chi connectivity index (χ0v) is 12.7. The van der Waals surface area contributed by atoms with Gasteiger partial charge in [0.15, 0.2) is 0 Å². The van der Waals surface area contributed by atoms with Gasteiger partial charge in [-0.1, -0.05) is 6.92 Å². The molecule has 0 spiro atoms. The minimum atomic E-state index is 0.289. The number of hydrogen-bond acceptors (Lipinski definition) is 7. The summed E-state index contributed by atoms with van der Waals surface area (Å²) in [4.78, 5) is 13.0. The molecule has 2 aromatic rings. The van der Waals surface area contributed by atoms with Crippen molar-refractivity contribution in [2.24, 2.45) is 0 Å². The maximum absolute atomic E-state index is 4.39. The molecule has 0 radical (unpaired) electrons. The van der Waals surface area contributed by atoms with E-state index in [1.807, 2.05) is 17.8 Å². The maximum atomic E-state index is 4.39. The third-order valence-electron chi connectivity index (χ3n) is 2.50. The highest BCUT2D eigenvalue weighted by Crippen LogP contribution is 2.11. The van der Waals surface area contributed by atoms with Crippen LogP contribution in [0.3, 0.4) is 0 Å². The first kappa shape index (κ1) is 14.6. The molecule has 2 N–H and O–H groups in total. The second kappa shape index (κ2) is 7.09. The van der Waals surface area contributed by atoms with Gasteiger partial charge in [0, 0.05) is 31.2 Å². The Labute approximate surface area is 122 Å². The maximum Gasteiger partial charge on any atom is 0.257 e. The average Bonchev–Trinajstić information content (AvgIpc) is 2.99. The predicted molar refractivity (Wildman–Crippen MR) is 82.6 cm³/mol. The smallest absolute Gasteiger partial charge is 0.257 e. The largest absolute Gasteiger partial charge is 0.357 e. The van der Waals surface area contributed by atoms with Crippen LogP contribution in [0.25, 0.3) is 5.95 Å². The Morgan fingerprint density at radius 1 is 1.30 bits per heavy atom. The van der Waals surface area contributed by atoms with Crippen LogP contribution in [-0.4, -0.2) is 49.3 Å². The first-order chi connectivity index (χ1) is 9.72. The molecule has 2 rings (SSSR count). The van der Waals surface area contributed by atoms with Crippen LogP contribution in [0.1, 0.15) is 13.8 Å². The fraction of sp³-hybridized carbons (Fsp3) is 0.500. The Balaban J connectivity index is 2.18. The van der Waals surface area contributed by atoms with Gasteiger partial charge < -0.3 is 10.6 Å². The number of nitrogens with one attached hydrogen (secondary N) is 2. The highest BCUT2D eigenvalue weighted by atomic mass is 32.2. The van der Waals surface area contributed by atoms with Gasteiger partial charge in [-0.25, -0.2) is 4.68 Å². The lowest BCUT2D eigenvalue weighted by Crippen LogP contribution is -2.21. The highest BCUT2D eigenvalue weighted by Gasteiger charge is 2.10. The normalized spacial score (nSPS) is 12.2. The summed E-state index contributed by atoms with van der Waals surface area (Å²) in [6, 6.07) is 2.12. The van der Waals surface area contributed by atoms with E-state index in [1.165, 1.54) is 0 Å². The highest BCUT2D eigenvalue weighted by molar-refractivity contribution is 7.99. The van der Waals surface area contributed by atoms with Gasteiger partial charge in [-0.2, -0.15) is 31.8 Å². The van der Waals surface area contributed by atoms with E-state index in [4.69, 9.17) is 0 Å². The molecule has 2 heterocycles. The molecule has 0 saturated heterocycles. The molecule has 108 valence electrons. The molecule has 0 amide bonds. The monoisotopic (exact) mass is 293 g/mol. The van der Waals surface area contributed by atoms with Gasteiger partial charge in [0.2, 0.25) is 11.9 Å². The summed E-state index contributed by atoms with van der Waals surface area (Å²) in [5.41, 5.74) is 0. The second-order valence-corrected chi connectivity index (χ2v) is 5.51. The van der Waals surface area contributed by atoms with E-state index < -0.39 is 0 Å². The first-order valence-corrected chi connectivity index (χ1v) is 7.66. The van der Waals surface area contributed by atoms with Crippen LogP contribution in [0.15, 0.2) is 18.5 Å². The van der Waals surface area contributed by atoms with Gasteiger partial charge in [0.25, 0.3) is 5.95 Å². The quantitative estimate of drug-likeness (QED) is 0.803. The van der Waals surface area contributed by atoms with Crippen molar-refractivity contribution < 1.29 is 0 Å². The van der Waals surface area contributed by atoms with Crippen LogP contribution in [-0.2, 0) is 0 Å². The first-order valence-electron chi connectivity index (χ1n) is 6.51. The summed E-state index contributed by atoms with van der Waals surface area (Å²) in [5.74, 6) is 3.67. The Hall–Kier alpha value is -1.83. The fourth-order valence-corrected chi connectivity index (χ4v) is 2.26. The van der Waals surface area contributed by atoms with Crippen LogP contribution in [0.2, 0.25) is 0 Å². The van der Waals surface area contributed by atoms with Crippen molar-refractivity contribution in [3.63, 3.8) is 0 Å². The van der Waals surface area contributed by atoms with E-state index in [1.54, 1.807) is 24.1 Å². The molecule has 1 unspecified atom stereocenters. The number of hydrogen-bond donors (Lipinski definition) is 2. The third kappa shape index (κ3) is 3.83. The molecule has 0 aliphatic heterocycles. The van der Waals surface area contributed by atoms with Crippen molar-refractivity contribution >= 4 is 23.7 Å². The van der Waals surface area contributed by atoms with E-state index in [-0.39, 0.29) is 6.04 Å². The molecule has 1 atom stereocenters. The molecule has 7 nitrogen and oxygen atoms in total. The van der Waals surface area contributed by atoms with Crippen molar-refractivity contribution in [3.8, 4) is 5.95 Å². The van der Waals surface area contributed by atoms with Crippen molar-refractivity contribution in [2.75, 3.05) is 29.2 Å². The molecule has 2 aromatic heterocycles. The lowest BCUT2D eigenvalue weighted by molar-refractivity contribution is 0.789. The predicted octanol–water partition coefficient (Wildman–Crippen LogP) is 1.65. The van der Waals surface area contributed by atoms with Crippen LogP contribution in [0.5, 0.6) is 0 Å². The number of thioether (sulfide) groups is 1. The van der Waals surface area contributed by atoms with E-state index in [2.05, 4.69) is 44.5 Å².